The third-order valence-corrected chi connectivity index (χ3v) is 3.16. The summed E-state index contributed by atoms with van der Waals surface area (Å²) in [5.41, 5.74) is 1.91. The molecule has 0 spiro atoms. The third kappa shape index (κ3) is 3.06. The van der Waals surface area contributed by atoms with Crippen molar-refractivity contribution in [3.63, 3.8) is 0 Å². The molecule has 0 bridgehead atoms. The van der Waals surface area contributed by atoms with Gasteiger partial charge in [-0.15, -0.1) is 0 Å². The fourth-order valence-corrected chi connectivity index (χ4v) is 2.24. The van der Waals surface area contributed by atoms with Gasteiger partial charge in [0, 0.05) is 11.6 Å². The number of benzene rings is 1. The van der Waals surface area contributed by atoms with Gasteiger partial charge in [-0.1, -0.05) is 11.6 Å². The molecule has 1 heterocycles. The topological polar surface area (TPSA) is 44.9 Å². The Kier molecular flexibility index (Phi) is 4.08. The van der Waals surface area contributed by atoms with Crippen molar-refractivity contribution in [2.45, 2.75) is 20.0 Å². The molecule has 0 radical (unpaired) electrons. The molecule has 19 heavy (non-hydrogen) atoms. The second kappa shape index (κ2) is 5.60. The van der Waals surface area contributed by atoms with Crippen molar-refractivity contribution < 1.29 is 0 Å². The Morgan fingerprint density at radius 3 is 2.84 bits per heavy atom. The molecule has 0 saturated carbocycles. The van der Waals surface area contributed by atoms with E-state index in [4.69, 9.17) is 16.9 Å². The van der Waals surface area contributed by atoms with Gasteiger partial charge in [0.25, 0.3) is 0 Å². The molecule has 0 amide bonds. The van der Waals surface area contributed by atoms with Crippen molar-refractivity contribution in [2.24, 2.45) is 5.92 Å². The van der Waals surface area contributed by atoms with Gasteiger partial charge in [0.1, 0.15) is 5.82 Å². The second-order valence-corrected chi connectivity index (χ2v) is 5.48. The van der Waals surface area contributed by atoms with Crippen molar-refractivity contribution in [1.29, 1.82) is 5.26 Å². The molecule has 1 aromatic carbocycles. The van der Waals surface area contributed by atoms with Crippen molar-refractivity contribution >= 4 is 22.6 Å². The quantitative estimate of drug-likeness (QED) is 0.862. The summed E-state index contributed by atoms with van der Waals surface area (Å²) in [4.78, 5) is 6.69. The van der Waals surface area contributed by atoms with Crippen LogP contribution in [0, 0.1) is 17.2 Å². The highest BCUT2D eigenvalue weighted by Gasteiger charge is 2.14. The Balaban J connectivity index is 2.52. The molecule has 100 valence electrons. The van der Waals surface area contributed by atoms with Crippen LogP contribution < -0.4 is 0 Å². The Morgan fingerprint density at radius 1 is 1.47 bits per heavy atom. The van der Waals surface area contributed by atoms with Crippen LogP contribution in [0.1, 0.15) is 12.7 Å². The van der Waals surface area contributed by atoms with E-state index in [1.54, 1.807) is 0 Å². The van der Waals surface area contributed by atoms with Crippen LogP contribution in [0.2, 0.25) is 5.02 Å². The Bertz CT molecular complexity index is 624. The number of rotatable bonds is 4. The molecule has 5 heteroatoms. The number of imidazole rings is 1. The van der Waals surface area contributed by atoms with Gasteiger partial charge in [-0.2, -0.15) is 5.26 Å². The van der Waals surface area contributed by atoms with Gasteiger partial charge in [0.2, 0.25) is 0 Å². The van der Waals surface area contributed by atoms with E-state index < -0.39 is 0 Å². The zero-order valence-corrected chi connectivity index (χ0v) is 12.1. The van der Waals surface area contributed by atoms with Gasteiger partial charge in [0.05, 0.1) is 29.6 Å². The predicted octanol–water partition coefficient (Wildman–Crippen LogP) is 2.91. The van der Waals surface area contributed by atoms with Gasteiger partial charge >= 0.3 is 0 Å². The summed E-state index contributed by atoms with van der Waals surface area (Å²) in [7, 11) is 4.01. The number of hydrogen-bond donors (Lipinski definition) is 0. The maximum Gasteiger partial charge on any atom is 0.124 e. The minimum atomic E-state index is -0.0472. The number of aromatic nitrogens is 2. The molecule has 1 atom stereocenters. The molecular formula is C14H17ClN4. The molecule has 0 N–H and O–H groups in total. The first kappa shape index (κ1) is 13.9. The number of hydrogen-bond acceptors (Lipinski definition) is 3. The fraction of sp³-hybridized carbons (Fsp3) is 0.429. The van der Waals surface area contributed by atoms with Crippen molar-refractivity contribution in [3.8, 4) is 6.07 Å². The first-order chi connectivity index (χ1) is 9.01. The van der Waals surface area contributed by atoms with E-state index in [0.717, 1.165) is 23.4 Å². The standard InChI is InChI=1S/C14H17ClN4/c1-10(7-16)8-19-13-5-4-11(15)6-12(13)17-14(19)9-18(2)3/h4-6,10H,8-9H2,1-3H3. The van der Waals surface area contributed by atoms with Crippen molar-refractivity contribution in [2.75, 3.05) is 14.1 Å². The van der Waals surface area contributed by atoms with Crippen LogP contribution in [-0.2, 0) is 13.1 Å². The van der Waals surface area contributed by atoms with Crippen LogP contribution in [0.25, 0.3) is 11.0 Å². The summed E-state index contributed by atoms with van der Waals surface area (Å²) < 4.78 is 2.11. The second-order valence-electron chi connectivity index (χ2n) is 5.04. The molecule has 1 unspecified atom stereocenters. The zero-order chi connectivity index (χ0) is 14.0. The van der Waals surface area contributed by atoms with Gasteiger partial charge in [-0.3, -0.25) is 0 Å². The molecule has 2 aromatic rings. The molecule has 1 aromatic heterocycles. The first-order valence-electron chi connectivity index (χ1n) is 6.20. The van der Waals surface area contributed by atoms with E-state index >= 15 is 0 Å². The molecule has 0 fully saturated rings. The van der Waals surface area contributed by atoms with E-state index in [1.165, 1.54) is 0 Å². The fourth-order valence-electron chi connectivity index (χ4n) is 2.07. The van der Waals surface area contributed by atoms with Crippen LogP contribution >= 0.6 is 11.6 Å². The average molecular weight is 277 g/mol. The van der Waals surface area contributed by atoms with E-state index in [0.29, 0.717) is 11.6 Å². The summed E-state index contributed by atoms with van der Waals surface area (Å²) in [6.07, 6.45) is 0. The Labute approximate surface area is 118 Å². The van der Waals surface area contributed by atoms with Gasteiger partial charge < -0.3 is 9.47 Å². The SMILES string of the molecule is CC(C#N)Cn1c(CN(C)C)nc2cc(Cl)ccc21. The molecule has 0 saturated heterocycles. The van der Waals surface area contributed by atoms with Crippen molar-refractivity contribution in [3.05, 3.63) is 29.0 Å². The lowest BCUT2D eigenvalue weighted by Gasteiger charge is -2.13. The van der Waals surface area contributed by atoms with Crippen LogP contribution in [0.3, 0.4) is 0 Å². The van der Waals surface area contributed by atoms with Crippen molar-refractivity contribution in [1.82, 2.24) is 14.5 Å². The molecule has 0 aliphatic rings. The molecule has 0 aliphatic carbocycles. The maximum atomic E-state index is 9.01. The minimum Gasteiger partial charge on any atom is -0.326 e. The summed E-state index contributed by atoms with van der Waals surface area (Å²) in [5.74, 6) is 0.915. The average Bonchev–Trinajstić information content (AvgIpc) is 2.65. The lowest BCUT2D eigenvalue weighted by atomic mass is 10.2. The minimum absolute atomic E-state index is 0.0472. The normalized spacial score (nSPS) is 12.8. The number of halogens is 1. The van der Waals surface area contributed by atoms with Crippen LogP contribution in [0.5, 0.6) is 0 Å². The highest BCUT2D eigenvalue weighted by atomic mass is 35.5. The summed E-state index contributed by atoms with van der Waals surface area (Å²) in [6, 6.07) is 7.96. The molecular weight excluding hydrogens is 260 g/mol. The largest absolute Gasteiger partial charge is 0.326 e. The number of nitriles is 1. The maximum absolute atomic E-state index is 9.01. The van der Waals surface area contributed by atoms with Gasteiger partial charge in [-0.05, 0) is 39.2 Å². The lowest BCUT2D eigenvalue weighted by Crippen LogP contribution is -2.17. The number of nitrogens with zero attached hydrogens (tertiary/aromatic N) is 4. The Morgan fingerprint density at radius 2 is 2.21 bits per heavy atom. The molecule has 0 aliphatic heterocycles. The van der Waals surface area contributed by atoms with E-state index in [2.05, 4.69) is 20.5 Å². The molecule has 4 nitrogen and oxygen atoms in total. The first-order valence-corrected chi connectivity index (χ1v) is 6.58. The monoisotopic (exact) mass is 276 g/mol. The van der Waals surface area contributed by atoms with Crippen LogP contribution in [0.4, 0.5) is 0 Å². The van der Waals surface area contributed by atoms with Gasteiger partial charge in [0.15, 0.2) is 0 Å². The summed E-state index contributed by atoms with van der Waals surface area (Å²) in [5, 5.41) is 9.69. The highest BCUT2D eigenvalue weighted by molar-refractivity contribution is 6.31. The third-order valence-electron chi connectivity index (χ3n) is 2.92. The highest BCUT2D eigenvalue weighted by Crippen LogP contribution is 2.22. The number of fused-ring (bicyclic) bond motifs is 1. The Hall–Kier alpha value is -1.57. The zero-order valence-electron chi connectivity index (χ0n) is 11.4. The van der Waals surface area contributed by atoms with Gasteiger partial charge in [-0.25, -0.2) is 4.98 Å². The van der Waals surface area contributed by atoms with E-state index in [1.807, 2.05) is 39.2 Å². The summed E-state index contributed by atoms with van der Waals surface area (Å²) >= 11 is 6.01. The van der Waals surface area contributed by atoms with E-state index in [9.17, 15) is 0 Å². The predicted molar refractivity (Wildman–Crippen MR) is 76.9 cm³/mol. The smallest absolute Gasteiger partial charge is 0.124 e. The lowest BCUT2D eigenvalue weighted by molar-refractivity contribution is 0.378. The molecule has 2 rings (SSSR count). The van der Waals surface area contributed by atoms with Crippen LogP contribution in [-0.4, -0.2) is 28.5 Å². The van der Waals surface area contributed by atoms with E-state index in [-0.39, 0.29) is 5.92 Å². The summed E-state index contributed by atoms with van der Waals surface area (Å²) in [6.45, 7) is 3.31. The van der Waals surface area contributed by atoms with Crippen LogP contribution in [0.15, 0.2) is 18.2 Å².